The average molecular weight is 328 g/mol. The van der Waals surface area contributed by atoms with Gasteiger partial charge in [0.25, 0.3) is 11.8 Å². The standard InChI is InChI=1S/C14H11F3N2O4/c15-14(16,17)7-1-3-8(4-2-7)18-12(21)10-11(20)9-5-23-6-19(9)13(10)22/h1-4,9,20H,5-6H2,(H,18,21). The van der Waals surface area contributed by atoms with Crippen LogP contribution < -0.4 is 5.32 Å². The number of anilines is 1. The first-order valence-electron chi connectivity index (χ1n) is 6.59. The number of amides is 2. The molecule has 6 nitrogen and oxygen atoms in total. The fourth-order valence-corrected chi connectivity index (χ4v) is 2.44. The van der Waals surface area contributed by atoms with Crippen molar-refractivity contribution in [3.05, 3.63) is 41.2 Å². The predicted octanol–water partition coefficient (Wildman–Crippen LogP) is 1.65. The first-order valence-corrected chi connectivity index (χ1v) is 6.59. The normalized spacial score (nSPS) is 20.9. The van der Waals surface area contributed by atoms with Crippen molar-refractivity contribution in [1.29, 1.82) is 0 Å². The maximum atomic E-state index is 12.5. The Morgan fingerprint density at radius 1 is 1.30 bits per heavy atom. The van der Waals surface area contributed by atoms with Crippen molar-refractivity contribution in [3.8, 4) is 0 Å². The molecule has 9 heteroatoms. The number of carbonyl (C=O) groups excluding carboxylic acids is 2. The number of nitrogens with one attached hydrogen (secondary N) is 1. The van der Waals surface area contributed by atoms with Gasteiger partial charge in [0.2, 0.25) is 0 Å². The maximum Gasteiger partial charge on any atom is 0.416 e. The van der Waals surface area contributed by atoms with Crippen molar-refractivity contribution in [2.24, 2.45) is 0 Å². The van der Waals surface area contributed by atoms with Crippen LogP contribution in [0.5, 0.6) is 0 Å². The number of carbonyl (C=O) groups is 2. The summed E-state index contributed by atoms with van der Waals surface area (Å²) in [7, 11) is 0. The summed E-state index contributed by atoms with van der Waals surface area (Å²) in [5, 5.41) is 12.3. The highest BCUT2D eigenvalue weighted by Gasteiger charge is 2.45. The third-order valence-electron chi connectivity index (χ3n) is 3.63. The van der Waals surface area contributed by atoms with Gasteiger partial charge in [0.1, 0.15) is 24.1 Å². The van der Waals surface area contributed by atoms with Crippen molar-refractivity contribution < 1.29 is 32.6 Å². The highest BCUT2D eigenvalue weighted by molar-refractivity contribution is 6.24. The number of hydrogen-bond donors (Lipinski definition) is 2. The molecule has 23 heavy (non-hydrogen) atoms. The number of aliphatic hydroxyl groups excluding tert-OH is 1. The fourth-order valence-electron chi connectivity index (χ4n) is 2.44. The lowest BCUT2D eigenvalue weighted by atomic mass is 10.1. The van der Waals surface area contributed by atoms with Crippen LogP contribution in [0.4, 0.5) is 18.9 Å². The lowest BCUT2D eigenvalue weighted by Gasteiger charge is -2.12. The number of nitrogens with zero attached hydrogens (tertiary/aromatic N) is 1. The minimum absolute atomic E-state index is 0.0232. The molecule has 0 aliphatic carbocycles. The molecule has 0 aromatic heterocycles. The largest absolute Gasteiger partial charge is 0.509 e. The summed E-state index contributed by atoms with van der Waals surface area (Å²) in [6.45, 7) is 0.0687. The van der Waals surface area contributed by atoms with E-state index in [-0.39, 0.29) is 19.0 Å². The van der Waals surface area contributed by atoms with Gasteiger partial charge in [0.05, 0.1) is 12.2 Å². The summed E-state index contributed by atoms with van der Waals surface area (Å²) in [5.74, 6) is -1.94. The number of ether oxygens (including phenoxy) is 1. The van der Waals surface area contributed by atoms with Gasteiger partial charge in [0.15, 0.2) is 0 Å². The first kappa shape index (κ1) is 15.3. The molecular formula is C14H11F3N2O4. The highest BCUT2D eigenvalue weighted by atomic mass is 19.4. The van der Waals surface area contributed by atoms with E-state index in [1.165, 1.54) is 4.90 Å². The molecule has 0 spiro atoms. The van der Waals surface area contributed by atoms with Crippen molar-refractivity contribution in [2.45, 2.75) is 12.2 Å². The molecular weight excluding hydrogens is 317 g/mol. The molecule has 0 saturated carbocycles. The molecule has 2 amide bonds. The van der Waals surface area contributed by atoms with Crippen LogP contribution in [0.2, 0.25) is 0 Å². The summed E-state index contributed by atoms with van der Waals surface area (Å²) >= 11 is 0. The van der Waals surface area contributed by atoms with Crippen LogP contribution in [0.3, 0.4) is 0 Å². The fraction of sp³-hybridized carbons (Fsp3) is 0.286. The number of rotatable bonds is 2. The Bertz CT molecular complexity index is 697. The van der Waals surface area contributed by atoms with Gasteiger partial charge in [0, 0.05) is 5.69 Å². The van der Waals surface area contributed by atoms with Gasteiger partial charge in [-0.05, 0) is 24.3 Å². The van der Waals surface area contributed by atoms with Crippen molar-refractivity contribution in [1.82, 2.24) is 4.90 Å². The minimum atomic E-state index is -4.48. The molecule has 1 unspecified atom stereocenters. The van der Waals surface area contributed by atoms with Gasteiger partial charge in [-0.3, -0.25) is 9.59 Å². The zero-order valence-electron chi connectivity index (χ0n) is 11.6. The molecule has 0 bridgehead atoms. The van der Waals surface area contributed by atoms with E-state index in [1.54, 1.807) is 0 Å². The summed E-state index contributed by atoms with van der Waals surface area (Å²) in [6.07, 6.45) is -4.48. The quantitative estimate of drug-likeness (QED) is 0.809. The Labute approximate surface area is 128 Å². The van der Waals surface area contributed by atoms with E-state index < -0.39 is 40.9 Å². The molecule has 3 rings (SSSR count). The van der Waals surface area contributed by atoms with Crippen molar-refractivity contribution in [3.63, 3.8) is 0 Å². The van der Waals surface area contributed by atoms with Gasteiger partial charge in [-0.1, -0.05) is 0 Å². The van der Waals surface area contributed by atoms with Gasteiger partial charge >= 0.3 is 6.18 Å². The molecule has 0 radical (unpaired) electrons. The third kappa shape index (κ3) is 2.63. The Balaban J connectivity index is 1.77. The molecule has 2 heterocycles. The number of halogens is 3. The first-order chi connectivity index (χ1) is 10.8. The van der Waals surface area contributed by atoms with Crippen molar-refractivity contribution >= 4 is 17.5 Å². The highest BCUT2D eigenvalue weighted by Crippen LogP contribution is 2.31. The van der Waals surface area contributed by atoms with E-state index in [1.807, 2.05) is 0 Å². The molecule has 1 fully saturated rings. The number of hydrogen-bond acceptors (Lipinski definition) is 4. The maximum absolute atomic E-state index is 12.5. The number of benzene rings is 1. The van der Waals surface area contributed by atoms with Crippen LogP contribution in [-0.4, -0.2) is 41.2 Å². The second-order valence-corrected chi connectivity index (χ2v) is 5.08. The van der Waals surface area contributed by atoms with Crippen LogP contribution in [0.15, 0.2) is 35.6 Å². The number of aliphatic hydroxyl groups is 1. The Hall–Kier alpha value is -2.55. The van der Waals surface area contributed by atoms with Crippen molar-refractivity contribution in [2.75, 3.05) is 18.7 Å². The third-order valence-corrected chi connectivity index (χ3v) is 3.63. The van der Waals surface area contributed by atoms with E-state index in [4.69, 9.17) is 4.74 Å². The predicted molar refractivity (Wildman–Crippen MR) is 71.2 cm³/mol. The van der Waals surface area contributed by atoms with Crippen LogP contribution >= 0.6 is 0 Å². The summed E-state index contributed by atoms with van der Waals surface area (Å²) < 4.78 is 42.4. The molecule has 1 aromatic carbocycles. The molecule has 1 aromatic rings. The van der Waals surface area contributed by atoms with Gasteiger partial charge in [-0.2, -0.15) is 13.2 Å². The van der Waals surface area contributed by atoms with Crippen LogP contribution in [-0.2, 0) is 20.5 Å². The van der Waals surface area contributed by atoms with E-state index in [2.05, 4.69) is 5.32 Å². The second kappa shape index (κ2) is 5.27. The van der Waals surface area contributed by atoms with Gasteiger partial charge < -0.3 is 20.1 Å². The van der Waals surface area contributed by atoms with E-state index >= 15 is 0 Å². The van der Waals surface area contributed by atoms with E-state index in [9.17, 15) is 27.9 Å². The van der Waals surface area contributed by atoms with Gasteiger partial charge in [-0.25, -0.2) is 0 Å². The molecule has 2 aliphatic heterocycles. The SMILES string of the molecule is O=C(Nc1ccc(C(F)(F)F)cc1)C1=C(O)C2COCN2C1=O. The Morgan fingerprint density at radius 3 is 2.52 bits per heavy atom. The summed E-state index contributed by atoms with van der Waals surface area (Å²) in [4.78, 5) is 25.3. The molecule has 1 atom stereocenters. The minimum Gasteiger partial charge on any atom is -0.509 e. The summed E-state index contributed by atoms with van der Waals surface area (Å²) in [5.41, 5.74) is -1.19. The van der Waals surface area contributed by atoms with Crippen LogP contribution in [0.25, 0.3) is 0 Å². The molecule has 1 saturated heterocycles. The van der Waals surface area contributed by atoms with Crippen LogP contribution in [0.1, 0.15) is 5.56 Å². The lowest BCUT2D eigenvalue weighted by Crippen LogP contribution is -2.32. The molecule has 2 N–H and O–H groups in total. The second-order valence-electron chi connectivity index (χ2n) is 5.08. The summed E-state index contributed by atoms with van der Waals surface area (Å²) in [6, 6.07) is 3.08. The average Bonchev–Trinajstić information content (AvgIpc) is 3.03. The monoisotopic (exact) mass is 328 g/mol. The van der Waals surface area contributed by atoms with Crippen LogP contribution in [0, 0.1) is 0 Å². The Morgan fingerprint density at radius 2 is 1.96 bits per heavy atom. The smallest absolute Gasteiger partial charge is 0.416 e. The molecule has 122 valence electrons. The topological polar surface area (TPSA) is 78.9 Å². The van der Waals surface area contributed by atoms with E-state index in [0.29, 0.717) is 0 Å². The van der Waals surface area contributed by atoms with E-state index in [0.717, 1.165) is 24.3 Å². The van der Waals surface area contributed by atoms with Gasteiger partial charge in [-0.15, -0.1) is 0 Å². The lowest BCUT2D eigenvalue weighted by molar-refractivity contribution is -0.137. The molecule has 2 aliphatic rings. The number of fused-ring (bicyclic) bond motifs is 1. The Kier molecular flexibility index (Phi) is 3.52. The zero-order chi connectivity index (χ0) is 16.8. The number of alkyl halides is 3. The zero-order valence-corrected chi connectivity index (χ0v) is 11.6.